The van der Waals surface area contributed by atoms with E-state index in [1.54, 1.807) is 29.9 Å². The summed E-state index contributed by atoms with van der Waals surface area (Å²) in [6, 6.07) is 3.50. The van der Waals surface area contributed by atoms with Crippen LogP contribution in [0.15, 0.2) is 29.9 Å². The Labute approximate surface area is 85.1 Å². The molecule has 72 valence electrons. The maximum Gasteiger partial charge on any atom is 0.180 e. The van der Waals surface area contributed by atoms with Gasteiger partial charge < -0.3 is 10.8 Å². The largest absolute Gasteiger partial charge is 0.382 e. The zero-order chi connectivity index (χ0) is 9.97. The highest BCUT2D eigenvalue weighted by atomic mass is 32.1. The fraction of sp³-hybridized carbons (Fsp3) is 0.111. The lowest BCUT2D eigenvalue weighted by Crippen LogP contribution is -2.00. The Morgan fingerprint density at radius 1 is 1.36 bits per heavy atom. The van der Waals surface area contributed by atoms with Gasteiger partial charge in [-0.2, -0.15) is 0 Å². The quantitative estimate of drug-likeness (QED) is 0.776. The second-order valence-corrected chi connectivity index (χ2v) is 3.68. The molecule has 0 amide bonds. The molecule has 0 spiro atoms. The number of nitrogens with zero attached hydrogens (tertiary/aromatic N) is 2. The number of aliphatic hydroxyl groups excluding tert-OH is 1. The fourth-order valence-electron chi connectivity index (χ4n) is 1.14. The molecule has 2 rings (SSSR count). The number of thiazole rings is 1. The van der Waals surface area contributed by atoms with Crippen molar-refractivity contribution in [2.24, 2.45) is 0 Å². The Morgan fingerprint density at radius 3 is 2.64 bits per heavy atom. The van der Waals surface area contributed by atoms with E-state index in [9.17, 15) is 5.11 Å². The van der Waals surface area contributed by atoms with Crippen LogP contribution < -0.4 is 5.73 Å². The van der Waals surface area contributed by atoms with Crippen molar-refractivity contribution in [3.63, 3.8) is 0 Å². The molecule has 4 nitrogen and oxygen atoms in total. The van der Waals surface area contributed by atoms with Gasteiger partial charge in [0.25, 0.3) is 0 Å². The van der Waals surface area contributed by atoms with Crippen molar-refractivity contribution in [1.82, 2.24) is 9.97 Å². The summed E-state index contributed by atoms with van der Waals surface area (Å²) in [5.41, 5.74) is 6.83. The average Bonchev–Trinajstić information content (AvgIpc) is 2.65. The number of aromatic nitrogens is 2. The molecule has 0 aliphatic carbocycles. The van der Waals surface area contributed by atoms with Gasteiger partial charge in [0, 0.05) is 17.8 Å². The zero-order valence-electron chi connectivity index (χ0n) is 7.29. The predicted molar refractivity (Wildman–Crippen MR) is 54.8 cm³/mol. The Kier molecular flexibility index (Phi) is 2.43. The van der Waals surface area contributed by atoms with Crippen LogP contribution in [-0.4, -0.2) is 15.1 Å². The Morgan fingerprint density at radius 2 is 2.07 bits per heavy atom. The van der Waals surface area contributed by atoms with Crippen LogP contribution >= 0.6 is 11.3 Å². The third-order valence-electron chi connectivity index (χ3n) is 1.84. The summed E-state index contributed by atoms with van der Waals surface area (Å²) in [4.78, 5) is 7.89. The fourth-order valence-corrected chi connectivity index (χ4v) is 1.72. The first kappa shape index (κ1) is 9.11. The summed E-state index contributed by atoms with van der Waals surface area (Å²) < 4.78 is 0. The minimum atomic E-state index is -0.716. The van der Waals surface area contributed by atoms with Gasteiger partial charge in [0.15, 0.2) is 5.13 Å². The third-order valence-corrected chi connectivity index (χ3v) is 2.53. The lowest BCUT2D eigenvalue weighted by atomic mass is 10.1. The molecule has 0 saturated heterocycles. The van der Waals surface area contributed by atoms with Gasteiger partial charge in [-0.15, -0.1) is 11.3 Å². The lowest BCUT2D eigenvalue weighted by molar-refractivity contribution is 0.216. The summed E-state index contributed by atoms with van der Waals surface area (Å²) in [7, 11) is 0. The average molecular weight is 207 g/mol. The number of pyridine rings is 1. The van der Waals surface area contributed by atoms with E-state index in [0.29, 0.717) is 10.8 Å². The second-order valence-electron chi connectivity index (χ2n) is 2.79. The van der Waals surface area contributed by atoms with Gasteiger partial charge in [-0.3, -0.25) is 4.98 Å². The summed E-state index contributed by atoms with van der Waals surface area (Å²) in [6.45, 7) is 0. The van der Waals surface area contributed by atoms with Gasteiger partial charge in [-0.25, -0.2) is 4.98 Å². The van der Waals surface area contributed by atoms with Gasteiger partial charge in [0.1, 0.15) is 6.10 Å². The number of nitrogens with two attached hydrogens (primary N) is 1. The van der Waals surface area contributed by atoms with Crippen molar-refractivity contribution < 1.29 is 5.11 Å². The number of hydrogen-bond acceptors (Lipinski definition) is 5. The van der Waals surface area contributed by atoms with Gasteiger partial charge >= 0.3 is 0 Å². The van der Waals surface area contributed by atoms with E-state index in [1.807, 2.05) is 0 Å². The first-order valence-corrected chi connectivity index (χ1v) is 4.94. The van der Waals surface area contributed by atoms with E-state index < -0.39 is 6.10 Å². The third kappa shape index (κ3) is 1.73. The van der Waals surface area contributed by atoms with Crippen LogP contribution in [0.3, 0.4) is 0 Å². The Bertz CT molecular complexity index is 415. The molecular weight excluding hydrogens is 198 g/mol. The highest BCUT2D eigenvalue weighted by Gasteiger charge is 2.12. The normalized spacial score (nSPS) is 12.6. The summed E-state index contributed by atoms with van der Waals surface area (Å²) in [6.07, 6.45) is 2.55. The predicted octanol–water partition coefficient (Wildman–Crippen LogP) is 1.20. The molecule has 2 heterocycles. The molecule has 0 saturated carbocycles. The smallest absolute Gasteiger partial charge is 0.180 e. The molecule has 2 aromatic heterocycles. The topological polar surface area (TPSA) is 72.0 Å². The minimum Gasteiger partial charge on any atom is -0.382 e. The van der Waals surface area contributed by atoms with Crippen LogP contribution in [0.5, 0.6) is 0 Å². The van der Waals surface area contributed by atoms with Crippen LogP contribution in [-0.2, 0) is 0 Å². The molecule has 14 heavy (non-hydrogen) atoms. The molecule has 0 radical (unpaired) electrons. The van der Waals surface area contributed by atoms with Crippen LogP contribution in [0, 0.1) is 0 Å². The highest BCUT2D eigenvalue weighted by Crippen LogP contribution is 2.23. The van der Waals surface area contributed by atoms with Crippen molar-refractivity contribution in [3.05, 3.63) is 41.2 Å². The Balaban J connectivity index is 2.29. The first-order valence-electron chi connectivity index (χ1n) is 4.06. The summed E-state index contributed by atoms with van der Waals surface area (Å²) in [5, 5.41) is 12.1. The van der Waals surface area contributed by atoms with E-state index in [-0.39, 0.29) is 0 Å². The van der Waals surface area contributed by atoms with E-state index >= 15 is 0 Å². The van der Waals surface area contributed by atoms with E-state index in [1.165, 1.54) is 11.3 Å². The number of anilines is 1. The van der Waals surface area contributed by atoms with Crippen LogP contribution in [0.4, 0.5) is 5.13 Å². The maximum absolute atomic E-state index is 9.87. The van der Waals surface area contributed by atoms with Gasteiger partial charge in [0.05, 0.1) is 5.69 Å². The number of hydrogen-bond donors (Lipinski definition) is 2. The van der Waals surface area contributed by atoms with Gasteiger partial charge in [-0.1, -0.05) is 0 Å². The van der Waals surface area contributed by atoms with Crippen molar-refractivity contribution in [3.8, 4) is 0 Å². The van der Waals surface area contributed by atoms with Gasteiger partial charge in [-0.05, 0) is 17.7 Å². The minimum absolute atomic E-state index is 0.466. The highest BCUT2D eigenvalue weighted by molar-refractivity contribution is 7.13. The second kappa shape index (κ2) is 3.73. The summed E-state index contributed by atoms with van der Waals surface area (Å²) >= 11 is 1.32. The number of nitrogen functional groups attached to an aromatic ring is 1. The Hall–Kier alpha value is -1.46. The number of aliphatic hydroxyl groups is 1. The molecule has 0 aliphatic rings. The van der Waals surface area contributed by atoms with Crippen molar-refractivity contribution >= 4 is 16.5 Å². The molecule has 0 fully saturated rings. The summed E-state index contributed by atoms with van der Waals surface area (Å²) in [5.74, 6) is 0. The SMILES string of the molecule is Nc1nc(C(O)c2ccncc2)cs1. The molecule has 1 unspecified atom stereocenters. The standard InChI is InChI=1S/C9H9N3OS/c10-9-12-7(5-14-9)8(13)6-1-3-11-4-2-6/h1-5,8,13H,(H2,10,12). The van der Waals surface area contributed by atoms with Crippen LogP contribution in [0.25, 0.3) is 0 Å². The van der Waals surface area contributed by atoms with E-state index in [4.69, 9.17) is 5.73 Å². The van der Waals surface area contributed by atoms with Crippen LogP contribution in [0.2, 0.25) is 0 Å². The van der Waals surface area contributed by atoms with Crippen molar-refractivity contribution in [2.45, 2.75) is 6.10 Å². The van der Waals surface area contributed by atoms with Crippen molar-refractivity contribution in [2.75, 3.05) is 5.73 Å². The molecule has 0 aromatic carbocycles. The monoisotopic (exact) mass is 207 g/mol. The molecule has 5 heteroatoms. The lowest BCUT2D eigenvalue weighted by Gasteiger charge is -2.06. The number of rotatable bonds is 2. The van der Waals surface area contributed by atoms with E-state index in [0.717, 1.165) is 5.56 Å². The molecular formula is C9H9N3OS. The molecule has 1 atom stereocenters. The molecule has 2 aromatic rings. The zero-order valence-corrected chi connectivity index (χ0v) is 8.11. The van der Waals surface area contributed by atoms with Crippen LogP contribution in [0.1, 0.15) is 17.4 Å². The molecule has 0 aliphatic heterocycles. The maximum atomic E-state index is 9.87. The molecule has 0 bridgehead atoms. The molecule has 3 N–H and O–H groups in total. The van der Waals surface area contributed by atoms with Gasteiger partial charge in [0.2, 0.25) is 0 Å². The van der Waals surface area contributed by atoms with Crippen molar-refractivity contribution in [1.29, 1.82) is 0 Å². The van der Waals surface area contributed by atoms with E-state index in [2.05, 4.69) is 9.97 Å². The first-order chi connectivity index (χ1) is 6.77.